The highest BCUT2D eigenvalue weighted by atomic mass is 16.5. The Morgan fingerprint density at radius 3 is 1.79 bits per heavy atom. The van der Waals surface area contributed by atoms with Crippen molar-refractivity contribution in [1.82, 2.24) is 0 Å². The smallest absolute Gasteiger partial charge is 0.331 e. The summed E-state index contributed by atoms with van der Waals surface area (Å²) in [6, 6.07) is 10.7. The summed E-state index contributed by atoms with van der Waals surface area (Å²) in [6.45, 7) is 0.283. The summed E-state index contributed by atoms with van der Waals surface area (Å²) in [6.07, 6.45) is -1.18. The van der Waals surface area contributed by atoms with Crippen molar-refractivity contribution in [3.05, 3.63) is 59.2 Å². The third-order valence-corrected chi connectivity index (χ3v) is 5.58. The minimum Gasteiger partial charge on any atom is -0.493 e. The molecule has 9 heteroatoms. The molecule has 1 aliphatic carbocycles. The lowest BCUT2D eigenvalue weighted by atomic mass is 9.92. The molecule has 0 radical (unpaired) electrons. The Kier molecular flexibility index (Phi) is 8.75. The normalized spacial score (nSPS) is 19.8. The quantitative estimate of drug-likeness (QED) is 0.507. The monoisotopic (exact) mass is 474 g/mol. The third kappa shape index (κ3) is 5.99. The van der Waals surface area contributed by atoms with Gasteiger partial charge in [0.1, 0.15) is 12.2 Å². The molecular formula is C25H30O9. The van der Waals surface area contributed by atoms with Crippen LogP contribution in [0.3, 0.4) is 0 Å². The average Bonchev–Trinajstić information content (AvgIpc) is 2.86. The number of carboxylic acid groups (broad SMARTS) is 1. The summed E-state index contributed by atoms with van der Waals surface area (Å²) < 4.78 is 32.9. The van der Waals surface area contributed by atoms with E-state index in [0.29, 0.717) is 23.0 Å². The van der Waals surface area contributed by atoms with E-state index in [1.807, 2.05) is 12.1 Å². The van der Waals surface area contributed by atoms with Crippen molar-refractivity contribution in [2.45, 2.75) is 37.9 Å². The summed E-state index contributed by atoms with van der Waals surface area (Å²) in [5.74, 6) is 1.19. The van der Waals surface area contributed by atoms with Crippen molar-refractivity contribution >= 4 is 5.97 Å². The van der Waals surface area contributed by atoms with Crippen LogP contribution in [0.15, 0.2) is 48.0 Å². The number of hydrogen-bond donors (Lipinski definition) is 2. The molecule has 0 amide bonds. The molecule has 2 aromatic rings. The topological polar surface area (TPSA) is 113 Å². The predicted octanol–water partition coefficient (Wildman–Crippen LogP) is 2.97. The zero-order chi connectivity index (χ0) is 24.7. The van der Waals surface area contributed by atoms with E-state index >= 15 is 0 Å². The van der Waals surface area contributed by atoms with Gasteiger partial charge >= 0.3 is 5.97 Å². The maximum Gasteiger partial charge on any atom is 0.331 e. The minimum absolute atomic E-state index is 0.0556. The van der Waals surface area contributed by atoms with E-state index in [-0.39, 0.29) is 25.2 Å². The maximum atomic E-state index is 11.7. The molecule has 3 atom stereocenters. The number of benzene rings is 2. The van der Waals surface area contributed by atoms with Gasteiger partial charge in [0, 0.05) is 12.0 Å². The van der Waals surface area contributed by atoms with Gasteiger partial charge in [-0.15, -0.1) is 0 Å². The van der Waals surface area contributed by atoms with Crippen LogP contribution in [0.5, 0.6) is 23.0 Å². The number of methoxy groups -OCH3 is 4. The van der Waals surface area contributed by atoms with E-state index < -0.39 is 24.3 Å². The van der Waals surface area contributed by atoms with Gasteiger partial charge in [0.2, 0.25) is 0 Å². The number of aliphatic hydroxyl groups excluding tert-OH is 1. The first-order valence-electron chi connectivity index (χ1n) is 10.7. The van der Waals surface area contributed by atoms with Crippen LogP contribution in [-0.4, -0.2) is 62.9 Å². The molecule has 0 spiro atoms. The number of aliphatic hydroxyl groups is 1. The lowest BCUT2D eigenvalue weighted by Gasteiger charge is -2.33. The second-order valence-electron chi connectivity index (χ2n) is 7.70. The average molecular weight is 475 g/mol. The summed E-state index contributed by atoms with van der Waals surface area (Å²) in [4.78, 5) is 11.7. The molecule has 0 aromatic heterocycles. The first kappa shape index (κ1) is 25.4. The van der Waals surface area contributed by atoms with Crippen molar-refractivity contribution < 1.29 is 43.4 Å². The fourth-order valence-electron chi connectivity index (χ4n) is 3.71. The minimum atomic E-state index is -1.08. The van der Waals surface area contributed by atoms with Gasteiger partial charge in [0.05, 0.1) is 47.8 Å². The fraction of sp³-hybridized carbons (Fsp3) is 0.400. The van der Waals surface area contributed by atoms with E-state index in [2.05, 4.69) is 0 Å². The lowest BCUT2D eigenvalue weighted by molar-refractivity contribution is -0.137. The largest absolute Gasteiger partial charge is 0.493 e. The van der Waals surface area contributed by atoms with Crippen molar-refractivity contribution in [2.75, 3.05) is 28.4 Å². The van der Waals surface area contributed by atoms with E-state index in [9.17, 15) is 15.0 Å². The van der Waals surface area contributed by atoms with Gasteiger partial charge in [0.25, 0.3) is 0 Å². The standard InChI is InChI=1S/C25H30O9/c1-29-18-7-5-15(9-20(18)31-3)13-33-22-11-17(25(27)28)12-23(24(22)26)34-14-16-6-8-19(30-2)21(10-16)32-4/h5-11,22-24,26H,12-14H2,1-4H3,(H,27,28)/t22-,23-,24-/m1/s1. The van der Waals surface area contributed by atoms with Gasteiger partial charge in [-0.1, -0.05) is 12.1 Å². The fourth-order valence-corrected chi connectivity index (χ4v) is 3.71. The van der Waals surface area contributed by atoms with Crippen molar-refractivity contribution in [1.29, 1.82) is 0 Å². The number of hydrogen-bond acceptors (Lipinski definition) is 8. The number of rotatable bonds is 11. The summed E-state index contributed by atoms with van der Waals surface area (Å²) >= 11 is 0. The number of aliphatic carboxylic acids is 1. The van der Waals surface area contributed by atoms with Gasteiger partial charge in [0.15, 0.2) is 23.0 Å². The molecule has 0 heterocycles. The Morgan fingerprint density at radius 2 is 1.32 bits per heavy atom. The molecule has 2 aromatic carbocycles. The zero-order valence-corrected chi connectivity index (χ0v) is 19.6. The summed E-state index contributed by atoms with van der Waals surface area (Å²) in [7, 11) is 6.17. The molecule has 2 N–H and O–H groups in total. The van der Waals surface area contributed by atoms with Crippen molar-refractivity contribution in [2.24, 2.45) is 0 Å². The molecule has 34 heavy (non-hydrogen) atoms. The SMILES string of the molecule is COc1ccc(CO[C@@H]2C=C(C(=O)O)C[C@@H](OCc3ccc(OC)c(OC)c3)[C@@H]2O)cc1OC. The van der Waals surface area contributed by atoms with E-state index in [1.54, 1.807) is 38.5 Å². The molecule has 0 saturated heterocycles. The van der Waals surface area contributed by atoms with Crippen LogP contribution in [0.4, 0.5) is 0 Å². The highest BCUT2D eigenvalue weighted by Gasteiger charge is 2.35. The first-order chi connectivity index (χ1) is 16.4. The highest BCUT2D eigenvalue weighted by Crippen LogP contribution is 2.31. The predicted molar refractivity (Wildman–Crippen MR) is 123 cm³/mol. The van der Waals surface area contributed by atoms with Gasteiger partial charge in [-0.3, -0.25) is 0 Å². The number of ether oxygens (including phenoxy) is 6. The van der Waals surface area contributed by atoms with Crippen LogP contribution in [0.25, 0.3) is 0 Å². The third-order valence-electron chi connectivity index (χ3n) is 5.58. The number of carbonyl (C=O) groups is 1. The van der Waals surface area contributed by atoms with Gasteiger partial charge in [-0.2, -0.15) is 0 Å². The van der Waals surface area contributed by atoms with Gasteiger partial charge in [-0.25, -0.2) is 4.79 Å². The van der Waals surface area contributed by atoms with Crippen LogP contribution in [-0.2, 0) is 27.5 Å². The molecule has 0 unspecified atom stereocenters. The Morgan fingerprint density at radius 1 is 0.824 bits per heavy atom. The summed E-state index contributed by atoms with van der Waals surface area (Å²) in [5.41, 5.74) is 1.70. The lowest BCUT2D eigenvalue weighted by Crippen LogP contribution is -2.43. The summed E-state index contributed by atoms with van der Waals surface area (Å²) in [5, 5.41) is 20.4. The van der Waals surface area contributed by atoms with E-state index in [4.69, 9.17) is 28.4 Å². The second kappa shape index (κ2) is 11.7. The molecular weight excluding hydrogens is 444 g/mol. The molecule has 1 aliphatic rings. The number of carboxylic acids is 1. The van der Waals surface area contributed by atoms with Gasteiger partial charge in [-0.05, 0) is 41.5 Å². The molecule has 9 nitrogen and oxygen atoms in total. The van der Waals surface area contributed by atoms with Crippen LogP contribution in [0.2, 0.25) is 0 Å². The van der Waals surface area contributed by atoms with E-state index in [0.717, 1.165) is 11.1 Å². The molecule has 0 saturated carbocycles. The van der Waals surface area contributed by atoms with Crippen LogP contribution in [0.1, 0.15) is 17.5 Å². The maximum absolute atomic E-state index is 11.7. The molecule has 3 rings (SSSR count). The first-order valence-corrected chi connectivity index (χ1v) is 10.7. The molecule has 0 bridgehead atoms. The van der Waals surface area contributed by atoms with E-state index in [1.165, 1.54) is 20.3 Å². The Bertz CT molecular complexity index is 1020. The zero-order valence-electron chi connectivity index (χ0n) is 19.6. The molecule has 0 aliphatic heterocycles. The van der Waals surface area contributed by atoms with Crippen molar-refractivity contribution in [3.8, 4) is 23.0 Å². The van der Waals surface area contributed by atoms with Crippen LogP contribution >= 0.6 is 0 Å². The molecule has 0 fully saturated rings. The Balaban J connectivity index is 1.70. The second-order valence-corrected chi connectivity index (χ2v) is 7.70. The Hall–Kier alpha value is -3.27. The van der Waals surface area contributed by atoms with Crippen LogP contribution < -0.4 is 18.9 Å². The Labute approximate surface area is 198 Å². The van der Waals surface area contributed by atoms with Crippen molar-refractivity contribution in [3.63, 3.8) is 0 Å². The van der Waals surface area contributed by atoms with Gasteiger partial charge < -0.3 is 38.6 Å². The highest BCUT2D eigenvalue weighted by molar-refractivity contribution is 5.87. The molecule has 184 valence electrons. The van der Waals surface area contributed by atoms with Crippen LogP contribution in [0, 0.1) is 0 Å².